The SMILES string of the molecule is O=C(O)N1CCC(Nc2nc3ccccc3s2)CC1. The lowest BCUT2D eigenvalue weighted by Crippen LogP contribution is -2.41. The highest BCUT2D eigenvalue weighted by Crippen LogP contribution is 2.27. The number of hydrogen-bond donors (Lipinski definition) is 2. The Bertz CT molecular complexity index is 557. The molecule has 6 heteroatoms. The first-order valence-electron chi connectivity index (χ1n) is 6.32. The Kier molecular flexibility index (Phi) is 3.25. The van der Waals surface area contributed by atoms with Crippen LogP contribution in [0.5, 0.6) is 0 Å². The van der Waals surface area contributed by atoms with Gasteiger partial charge in [-0.2, -0.15) is 0 Å². The summed E-state index contributed by atoms with van der Waals surface area (Å²) in [6.45, 7) is 1.19. The normalized spacial score (nSPS) is 16.7. The molecular formula is C13H15N3O2S. The van der Waals surface area contributed by atoms with Crippen LogP contribution < -0.4 is 5.32 Å². The van der Waals surface area contributed by atoms with Gasteiger partial charge in [0.15, 0.2) is 5.13 Å². The number of rotatable bonds is 2. The first-order valence-corrected chi connectivity index (χ1v) is 7.14. The van der Waals surface area contributed by atoms with Crippen molar-refractivity contribution in [2.75, 3.05) is 18.4 Å². The van der Waals surface area contributed by atoms with Gasteiger partial charge >= 0.3 is 6.09 Å². The number of fused-ring (bicyclic) bond motifs is 1. The molecular weight excluding hydrogens is 262 g/mol. The first kappa shape index (κ1) is 12.2. The van der Waals surface area contributed by atoms with Crippen LogP contribution in [-0.4, -0.2) is 40.2 Å². The summed E-state index contributed by atoms with van der Waals surface area (Å²) < 4.78 is 1.17. The van der Waals surface area contributed by atoms with Crippen molar-refractivity contribution in [3.05, 3.63) is 24.3 Å². The molecule has 1 aromatic carbocycles. The largest absolute Gasteiger partial charge is 0.465 e. The van der Waals surface area contributed by atoms with E-state index in [1.807, 2.05) is 18.2 Å². The molecule has 2 N–H and O–H groups in total. The maximum atomic E-state index is 10.8. The van der Waals surface area contributed by atoms with Crippen LogP contribution in [0.2, 0.25) is 0 Å². The van der Waals surface area contributed by atoms with Crippen molar-refractivity contribution in [2.45, 2.75) is 18.9 Å². The molecule has 2 heterocycles. The van der Waals surface area contributed by atoms with Crippen LogP contribution in [0.3, 0.4) is 0 Å². The lowest BCUT2D eigenvalue weighted by Gasteiger charge is -2.30. The number of likely N-dealkylation sites (tertiary alicyclic amines) is 1. The van der Waals surface area contributed by atoms with E-state index in [2.05, 4.69) is 16.4 Å². The number of anilines is 1. The predicted molar refractivity (Wildman–Crippen MR) is 75.9 cm³/mol. The Morgan fingerprint density at radius 1 is 1.37 bits per heavy atom. The molecule has 0 bridgehead atoms. The van der Waals surface area contributed by atoms with Crippen LogP contribution in [-0.2, 0) is 0 Å². The molecule has 1 aliphatic heterocycles. The van der Waals surface area contributed by atoms with Crippen molar-refractivity contribution in [3.8, 4) is 0 Å². The van der Waals surface area contributed by atoms with Crippen LogP contribution >= 0.6 is 11.3 Å². The number of nitrogens with one attached hydrogen (secondary N) is 1. The molecule has 19 heavy (non-hydrogen) atoms. The van der Waals surface area contributed by atoms with Crippen LogP contribution in [0.1, 0.15) is 12.8 Å². The summed E-state index contributed by atoms with van der Waals surface area (Å²) in [5, 5.41) is 13.2. The zero-order chi connectivity index (χ0) is 13.2. The van der Waals surface area contributed by atoms with Crippen molar-refractivity contribution >= 4 is 32.8 Å². The lowest BCUT2D eigenvalue weighted by atomic mass is 10.1. The van der Waals surface area contributed by atoms with Gasteiger partial charge in [0.1, 0.15) is 0 Å². The summed E-state index contributed by atoms with van der Waals surface area (Å²) in [5.41, 5.74) is 1.01. The second-order valence-corrected chi connectivity index (χ2v) is 5.71. The van der Waals surface area contributed by atoms with Gasteiger partial charge in [-0.1, -0.05) is 23.5 Å². The van der Waals surface area contributed by atoms with Gasteiger partial charge in [-0.05, 0) is 25.0 Å². The van der Waals surface area contributed by atoms with E-state index in [-0.39, 0.29) is 0 Å². The number of piperidine rings is 1. The summed E-state index contributed by atoms with van der Waals surface area (Å²) in [6.07, 6.45) is 0.850. The van der Waals surface area contributed by atoms with Crippen molar-refractivity contribution in [1.82, 2.24) is 9.88 Å². The van der Waals surface area contributed by atoms with E-state index in [0.29, 0.717) is 19.1 Å². The van der Waals surface area contributed by atoms with E-state index < -0.39 is 6.09 Å². The highest BCUT2D eigenvalue weighted by atomic mass is 32.1. The third-order valence-electron chi connectivity index (χ3n) is 3.39. The number of carboxylic acid groups (broad SMARTS) is 1. The van der Waals surface area contributed by atoms with Gasteiger partial charge in [0.2, 0.25) is 0 Å². The summed E-state index contributed by atoms with van der Waals surface area (Å²) in [5.74, 6) is 0. The third kappa shape index (κ3) is 2.63. The quantitative estimate of drug-likeness (QED) is 0.886. The van der Waals surface area contributed by atoms with Gasteiger partial charge < -0.3 is 15.3 Å². The van der Waals surface area contributed by atoms with Gasteiger partial charge in [0.25, 0.3) is 0 Å². The summed E-state index contributed by atoms with van der Waals surface area (Å²) in [7, 11) is 0. The Morgan fingerprint density at radius 3 is 2.79 bits per heavy atom. The van der Waals surface area contributed by atoms with Crippen molar-refractivity contribution in [2.24, 2.45) is 0 Å². The zero-order valence-electron chi connectivity index (χ0n) is 10.4. The molecule has 100 valence electrons. The number of aromatic nitrogens is 1. The van der Waals surface area contributed by atoms with Crippen LogP contribution in [0.25, 0.3) is 10.2 Å². The molecule has 3 rings (SSSR count). The molecule has 1 saturated heterocycles. The van der Waals surface area contributed by atoms with Gasteiger partial charge in [0.05, 0.1) is 10.2 Å². The molecule has 0 unspecified atom stereocenters. The summed E-state index contributed by atoms with van der Waals surface area (Å²) in [4.78, 5) is 16.8. The first-order chi connectivity index (χ1) is 9.22. The number of amides is 1. The molecule has 0 radical (unpaired) electrons. The van der Waals surface area contributed by atoms with Crippen molar-refractivity contribution in [1.29, 1.82) is 0 Å². The molecule has 0 saturated carbocycles. The second kappa shape index (κ2) is 5.05. The Balaban J connectivity index is 1.64. The van der Waals surface area contributed by atoms with E-state index in [1.165, 1.54) is 9.60 Å². The van der Waals surface area contributed by atoms with E-state index in [1.54, 1.807) is 11.3 Å². The molecule has 0 atom stereocenters. The molecule has 5 nitrogen and oxygen atoms in total. The smallest absolute Gasteiger partial charge is 0.407 e. The minimum atomic E-state index is -0.821. The van der Waals surface area contributed by atoms with E-state index in [0.717, 1.165) is 23.5 Å². The number of carbonyl (C=O) groups is 1. The van der Waals surface area contributed by atoms with Crippen LogP contribution in [0.4, 0.5) is 9.93 Å². The van der Waals surface area contributed by atoms with Gasteiger partial charge in [-0.3, -0.25) is 0 Å². The number of nitrogens with zero attached hydrogens (tertiary/aromatic N) is 2. The molecule has 0 spiro atoms. The standard InChI is InChI=1S/C13H15N3O2S/c17-13(18)16-7-5-9(6-8-16)14-12-15-10-3-1-2-4-11(10)19-12/h1-4,9H,5-8H2,(H,14,15)(H,17,18). The van der Waals surface area contributed by atoms with Crippen molar-refractivity contribution < 1.29 is 9.90 Å². The molecule has 0 aliphatic carbocycles. The molecule has 2 aromatic rings. The Morgan fingerprint density at radius 2 is 2.11 bits per heavy atom. The van der Waals surface area contributed by atoms with Gasteiger partial charge in [-0.15, -0.1) is 0 Å². The highest BCUT2D eigenvalue weighted by Gasteiger charge is 2.22. The summed E-state index contributed by atoms with van der Waals surface area (Å²) >= 11 is 1.65. The Hall–Kier alpha value is -1.82. The lowest BCUT2D eigenvalue weighted by molar-refractivity contribution is 0.134. The van der Waals surface area contributed by atoms with Crippen LogP contribution in [0, 0.1) is 0 Å². The number of para-hydroxylation sites is 1. The minimum absolute atomic E-state index is 0.316. The predicted octanol–water partition coefficient (Wildman–Crippen LogP) is 2.85. The minimum Gasteiger partial charge on any atom is -0.465 e. The fourth-order valence-electron chi connectivity index (χ4n) is 2.32. The van der Waals surface area contributed by atoms with E-state index >= 15 is 0 Å². The Labute approximate surface area is 114 Å². The van der Waals surface area contributed by atoms with Crippen LogP contribution in [0.15, 0.2) is 24.3 Å². The van der Waals surface area contributed by atoms with Gasteiger partial charge in [0, 0.05) is 19.1 Å². The van der Waals surface area contributed by atoms with Crippen molar-refractivity contribution in [3.63, 3.8) is 0 Å². The fraction of sp³-hybridized carbons (Fsp3) is 0.385. The molecule has 1 aromatic heterocycles. The average Bonchev–Trinajstić information content (AvgIpc) is 2.81. The number of hydrogen-bond acceptors (Lipinski definition) is 4. The topological polar surface area (TPSA) is 65.5 Å². The zero-order valence-corrected chi connectivity index (χ0v) is 11.2. The monoisotopic (exact) mass is 277 g/mol. The fourth-order valence-corrected chi connectivity index (χ4v) is 3.27. The molecule has 1 amide bonds. The molecule has 1 fully saturated rings. The maximum absolute atomic E-state index is 10.8. The molecule has 1 aliphatic rings. The summed E-state index contributed by atoms with van der Waals surface area (Å²) in [6, 6.07) is 8.37. The third-order valence-corrected chi connectivity index (χ3v) is 4.35. The van der Waals surface area contributed by atoms with E-state index in [4.69, 9.17) is 5.11 Å². The maximum Gasteiger partial charge on any atom is 0.407 e. The van der Waals surface area contributed by atoms with Gasteiger partial charge in [-0.25, -0.2) is 9.78 Å². The highest BCUT2D eigenvalue weighted by molar-refractivity contribution is 7.22. The number of thiazole rings is 1. The number of benzene rings is 1. The average molecular weight is 277 g/mol. The van der Waals surface area contributed by atoms with E-state index in [9.17, 15) is 4.79 Å². The second-order valence-electron chi connectivity index (χ2n) is 4.67.